The number of hydrogen-bond donors (Lipinski definition) is 0. The summed E-state index contributed by atoms with van der Waals surface area (Å²) in [6.45, 7) is 1.81. The molecule has 5 heteroatoms. The highest BCUT2D eigenvalue weighted by atomic mass is 79.9. The van der Waals surface area contributed by atoms with Gasteiger partial charge in [-0.05, 0) is 34.5 Å². The number of benzene rings is 1. The van der Waals surface area contributed by atoms with Gasteiger partial charge in [0.25, 0.3) is 0 Å². The molecule has 0 aliphatic rings. The molecule has 0 aliphatic carbocycles. The lowest BCUT2D eigenvalue weighted by atomic mass is 10.1. The molecule has 2 rings (SSSR count). The Morgan fingerprint density at radius 2 is 2.25 bits per heavy atom. The third-order valence-electron chi connectivity index (χ3n) is 2.28. The van der Waals surface area contributed by atoms with E-state index in [0.29, 0.717) is 9.99 Å². The molecule has 0 amide bonds. The standard InChI is InChI=1S/C11H5BrClFN2/c1-5-2-7(12)10(14)8-9(13)6(3-15)4-16-11(5)8/h2,4H,1H3. The summed E-state index contributed by atoms with van der Waals surface area (Å²) in [5.74, 6) is -0.491. The Kier molecular flexibility index (Phi) is 2.83. The van der Waals surface area contributed by atoms with E-state index in [4.69, 9.17) is 16.9 Å². The predicted molar refractivity (Wildman–Crippen MR) is 63.9 cm³/mol. The molecular formula is C11H5BrClFN2. The molecule has 0 saturated carbocycles. The van der Waals surface area contributed by atoms with Crippen molar-refractivity contribution in [2.24, 2.45) is 0 Å². The first-order valence-corrected chi connectivity index (χ1v) is 5.56. The lowest BCUT2D eigenvalue weighted by Gasteiger charge is -2.07. The van der Waals surface area contributed by atoms with Crippen LogP contribution >= 0.6 is 27.5 Å². The molecular weight excluding hydrogens is 294 g/mol. The van der Waals surface area contributed by atoms with E-state index in [-0.39, 0.29) is 16.0 Å². The van der Waals surface area contributed by atoms with Gasteiger partial charge in [0, 0.05) is 6.20 Å². The molecule has 80 valence electrons. The molecule has 0 saturated heterocycles. The summed E-state index contributed by atoms with van der Waals surface area (Å²) in [7, 11) is 0. The van der Waals surface area contributed by atoms with Crippen LogP contribution in [0.15, 0.2) is 16.7 Å². The van der Waals surface area contributed by atoms with Crippen molar-refractivity contribution >= 4 is 38.4 Å². The zero-order valence-electron chi connectivity index (χ0n) is 8.18. The van der Waals surface area contributed by atoms with Gasteiger partial charge in [0.05, 0.1) is 26.0 Å². The smallest absolute Gasteiger partial charge is 0.148 e. The monoisotopic (exact) mass is 298 g/mol. The van der Waals surface area contributed by atoms with Gasteiger partial charge >= 0.3 is 0 Å². The van der Waals surface area contributed by atoms with Crippen molar-refractivity contribution in [1.82, 2.24) is 4.98 Å². The fraction of sp³-hybridized carbons (Fsp3) is 0.0909. The van der Waals surface area contributed by atoms with Gasteiger partial charge in [0.2, 0.25) is 0 Å². The summed E-state index contributed by atoms with van der Waals surface area (Å²) in [5.41, 5.74) is 1.45. The summed E-state index contributed by atoms with van der Waals surface area (Å²) in [6.07, 6.45) is 1.35. The van der Waals surface area contributed by atoms with Crippen LogP contribution in [-0.4, -0.2) is 4.98 Å². The van der Waals surface area contributed by atoms with E-state index in [0.717, 1.165) is 5.56 Å². The summed E-state index contributed by atoms with van der Waals surface area (Å²) in [5, 5.41) is 9.09. The zero-order valence-corrected chi connectivity index (χ0v) is 10.5. The molecule has 0 radical (unpaired) electrons. The Morgan fingerprint density at radius 1 is 1.56 bits per heavy atom. The summed E-state index contributed by atoms with van der Waals surface area (Å²) < 4.78 is 14.2. The average molecular weight is 300 g/mol. The van der Waals surface area contributed by atoms with Crippen LogP contribution in [0.25, 0.3) is 10.9 Å². The Hall–Kier alpha value is -1.18. The number of pyridine rings is 1. The molecule has 0 N–H and O–H groups in total. The minimum Gasteiger partial charge on any atom is -0.254 e. The second kappa shape index (κ2) is 4.00. The number of nitriles is 1. The summed E-state index contributed by atoms with van der Waals surface area (Å²) >= 11 is 9.07. The maximum Gasteiger partial charge on any atom is 0.148 e. The molecule has 1 heterocycles. The highest BCUT2D eigenvalue weighted by Crippen LogP contribution is 2.33. The number of hydrogen-bond acceptors (Lipinski definition) is 2. The van der Waals surface area contributed by atoms with Gasteiger partial charge in [-0.15, -0.1) is 0 Å². The molecule has 2 aromatic rings. The van der Waals surface area contributed by atoms with Gasteiger partial charge in [-0.25, -0.2) is 4.39 Å². The van der Waals surface area contributed by atoms with Gasteiger partial charge in [-0.2, -0.15) is 5.26 Å². The SMILES string of the molecule is Cc1cc(Br)c(F)c2c(Cl)c(C#N)cnc12. The van der Waals surface area contributed by atoms with Crippen molar-refractivity contribution in [3.8, 4) is 6.07 Å². The van der Waals surface area contributed by atoms with Crippen molar-refractivity contribution in [1.29, 1.82) is 5.26 Å². The molecule has 0 aliphatic heterocycles. The van der Waals surface area contributed by atoms with E-state index in [2.05, 4.69) is 20.9 Å². The Balaban J connectivity index is 3.04. The molecule has 1 aromatic carbocycles. The molecule has 0 atom stereocenters. The van der Waals surface area contributed by atoms with Gasteiger partial charge in [0.1, 0.15) is 11.9 Å². The number of nitrogens with zero attached hydrogens (tertiary/aromatic N) is 2. The van der Waals surface area contributed by atoms with Crippen LogP contribution in [0.1, 0.15) is 11.1 Å². The maximum absolute atomic E-state index is 13.9. The summed E-state index contributed by atoms with van der Waals surface area (Å²) in [6, 6.07) is 3.51. The van der Waals surface area contributed by atoms with Crippen molar-refractivity contribution in [2.75, 3.05) is 0 Å². The average Bonchev–Trinajstić information content (AvgIpc) is 2.26. The van der Waals surface area contributed by atoms with E-state index < -0.39 is 5.82 Å². The van der Waals surface area contributed by atoms with Crippen LogP contribution in [0.4, 0.5) is 4.39 Å². The molecule has 0 fully saturated rings. The van der Waals surface area contributed by atoms with Crippen molar-refractivity contribution < 1.29 is 4.39 Å². The van der Waals surface area contributed by atoms with Crippen LogP contribution in [0.2, 0.25) is 5.02 Å². The van der Waals surface area contributed by atoms with Crippen LogP contribution in [0.5, 0.6) is 0 Å². The molecule has 0 bridgehead atoms. The molecule has 2 nitrogen and oxygen atoms in total. The predicted octanol–water partition coefficient (Wildman–Crippen LogP) is 3.97. The van der Waals surface area contributed by atoms with Gasteiger partial charge in [-0.1, -0.05) is 11.6 Å². The molecule has 1 aromatic heterocycles. The van der Waals surface area contributed by atoms with Crippen LogP contribution in [-0.2, 0) is 0 Å². The number of fused-ring (bicyclic) bond motifs is 1. The molecule has 0 spiro atoms. The fourth-order valence-corrected chi connectivity index (χ4v) is 2.31. The van der Waals surface area contributed by atoms with Gasteiger partial charge in [-0.3, -0.25) is 4.98 Å². The summed E-state index contributed by atoms with van der Waals surface area (Å²) in [4.78, 5) is 4.05. The first-order chi connectivity index (χ1) is 7.56. The Bertz CT molecular complexity index is 634. The Labute approximate surface area is 105 Å². The maximum atomic E-state index is 13.9. The van der Waals surface area contributed by atoms with E-state index >= 15 is 0 Å². The molecule has 0 unspecified atom stereocenters. The number of rotatable bonds is 0. The van der Waals surface area contributed by atoms with E-state index in [9.17, 15) is 4.39 Å². The third kappa shape index (κ3) is 1.57. The highest BCUT2D eigenvalue weighted by molar-refractivity contribution is 9.10. The quantitative estimate of drug-likeness (QED) is 0.738. The second-order valence-corrected chi connectivity index (χ2v) is 4.54. The normalized spacial score (nSPS) is 10.4. The van der Waals surface area contributed by atoms with Crippen molar-refractivity contribution in [3.05, 3.63) is 38.7 Å². The largest absolute Gasteiger partial charge is 0.254 e. The minimum absolute atomic E-state index is 0.106. The Morgan fingerprint density at radius 3 is 2.88 bits per heavy atom. The molecule has 16 heavy (non-hydrogen) atoms. The van der Waals surface area contributed by atoms with E-state index in [1.54, 1.807) is 6.07 Å². The topological polar surface area (TPSA) is 36.7 Å². The first kappa shape index (κ1) is 11.3. The van der Waals surface area contributed by atoms with Crippen LogP contribution in [0, 0.1) is 24.1 Å². The first-order valence-electron chi connectivity index (χ1n) is 4.39. The lowest BCUT2D eigenvalue weighted by Crippen LogP contribution is -1.92. The van der Waals surface area contributed by atoms with Crippen LogP contribution in [0.3, 0.4) is 0 Å². The number of aromatic nitrogens is 1. The lowest BCUT2D eigenvalue weighted by molar-refractivity contribution is 0.632. The highest BCUT2D eigenvalue weighted by Gasteiger charge is 2.15. The van der Waals surface area contributed by atoms with Crippen LogP contribution < -0.4 is 0 Å². The zero-order chi connectivity index (χ0) is 11.9. The van der Waals surface area contributed by atoms with E-state index in [1.807, 2.05) is 13.0 Å². The second-order valence-electron chi connectivity index (χ2n) is 3.31. The fourth-order valence-electron chi connectivity index (χ4n) is 1.51. The van der Waals surface area contributed by atoms with Crippen molar-refractivity contribution in [3.63, 3.8) is 0 Å². The minimum atomic E-state index is -0.491. The van der Waals surface area contributed by atoms with Gasteiger partial charge in [0.15, 0.2) is 0 Å². The van der Waals surface area contributed by atoms with Crippen molar-refractivity contribution in [2.45, 2.75) is 6.92 Å². The number of halogens is 3. The third-order valence-corrected chi connectivity index (χ3v) is 3.25. The van der Waals surface area contributed by atoms with E-state index in [1.165, 1.54) is 6.20 Å². The number of aryl methyl sites for hydroxylation is 1. The van der Waals surface area contributed by atoms with Gasteiger partial charge < -0.3 is 0 Å².